The lowest BCUT2D eigenvalue weighted by molar-refractivity contribution is 0.251. The average Bonchev–Trinajstić information content (AvgIpc) is 3.13. The zero-order valence-electron chi connectivity index (χ0n) is 13.7. The molecule has 0 bridgehead atoms. The highest BCUT2D eigenvalue weighted by Crippen LogP contribution is 2.19. The van der Waals surface area contributed by atoms with Gasteiger partial charge in [-0.1, -0.05) is 19.1 Å². The van der Waals surface area contributed by atoms with Crippen LogP contribution in [-0.2, 0) is 13.0 Å². The van der Waals surface area contributed by atoms with Crippen molar-refractivity contribution in [3.8, 4) is 11.4 Å². The van der Waals surface area contributed by atoms with Crippen LogP contribution >= 0.6 is 0 Å². The number of nitrogens with zero attached hydrogens (tertiary/aromatic N) is 1. The number of aromatic nitrogens is 2. The first-order chi connectivity index (χ1) is 12.1. The smallest absolute Gasteiger partial charge is 0.319 e. The standard InChI is InChI=1S/C18H18N4O3/c1-2-14-9-16(23)22-17(20-14)13-4-3-5-15(8-13)21-18(24)19-10-12-6-7-25-11-12/h3-9,11H,2,10H2,1H3,(H2,19,21,24)(H,20,22,23). The maximum absolute atomic E-state index is 12.0. The van der Waals surface area contributed by atoms with Gasteiger partial charge in [0.2, 0.25) is 0 Å². The molecule has 2 heterocycles. The van der Waals surface area contributed by atoms with Crippen molar-refractivity contribution in [2.45, 2.75) is 19.9 Å². The second-order valence-corrected chi connectivity index (χ2v) is 5.46. The molecule has 3 aromatic rings. The Morgan fingerprint density at radius 2 is 2.16 bits per heavy atom. The second kappa shape index (κ2) is 7.48. The molecule has 3 N–H and O–H groups in total. The molecule has 25 heavy (non-hydrogen) atoms. The minimum atomic E-state index is -0.331. The summed E-state index contributed by atoms with van der Waals surface area (Å²) in [7, 11) is 0. The first-order valence-electron chi connectivity index (χ1n) is 7.90. The summed E-state index contributed by atoms with van der Waals surface area (Å²) < 4.78 is 4.95. The minimum absolute atomic E-state index is 0.196. The summed E-state index contributed by atoms with van der Waals surface area (Å²) in [4.78, 5) is 30.8. The van der Waals surface area contributed by atoms with Crippen LogP contribution < -0.4 is 16.2 Å². The summed E-state index contributed by atoms with van der Waals surface area (Å²) >= 11 is 0. The summed E-state index contributed by atoms with van der Waals surface area (Å²) in [6.07, 6.45) is 3.80. The third kappa shape index (κ3) is 4.35. The number of hydrogen-bond donors (Lipinski definition) is 3. The van der Waals surface area contributed by atoms with Gasteiger partial charge < -0.3 is 20.0 Å². The van der Waals surface area contributed by atoms with Crippen molar-refractivity contribution < 1.29 is 9.21 Å². The van der Waals surface area contributed by atoms with E-state index >= 15 is 0 Å². The van der Waals surface area contributed by atoms with Gasteiger partial charge in [0.25, 0.3) is 5.56 Å². The Hall–Kier alpha value is -3.35. The van der Waals surface area contributed by atoms with Crippen LogP contribution in [-0.4, -0.2) is 16.0 Å². The third-order valence-electron chi connectivity index (χ3n) is 3.58. The zero-order valence-corrected chi connectivity index (χ0v) is 13.7. The number of urea groups is 1. The molecule has 0 saturated heterocycles. The molecule has 7 nitrogen and oxygen atoms in total. The van der Waals surface area contributed by atoms with Crippen molar-refractivity contribution in [1.82, 2.24) is 15.3 Å². The molecular weight excluding hydrogens is 320 g/mol. The number of rotatable bonds is 5. The van der Waals surface area contributed by atoms with Crippen LogP contribution in [0.3, 0.4) is 0 Å². The van der Waals surface area contributed by atoms with Gasteiger partial charge in [-0.3, -0.25) is 4.79 Å². The van der Waals surface area contributed by atoms with E-state index in [1.165, 1.54) is 6.07 Å². The second-order valence-electron chi connectivity index (χ2n) is 5.46. The van der Waals surface area contributed by atoms with Gasteiger partial charge >= 0.3 is 6.03 Å². The van der Waals surface area contributed by atoms with Crippen molar-refractivity contribution in [3.05, 3.63) is 70.5 Å². The van der Waals surface area contributed by atoms with Crippen molar-refractivity contribution in [2.24, 2.45) is 0 Å². The van der Waals surface area contributed by atoms with E-state index < -0.39 is 0 Å². The lowest BCUT2D eigenvalue weighted by Gasteiger charge is -2.09. The number of carbonyl (C=O) groups is 1. The fourth-order valence-electron chi connectivity index (χ4n) is 2.32. The summed E-state index contributed by atoms with van der Waals surface area (Å²) in [5.41, 5.74) is 2.72. The fraction of sp³-hybridized carbons (Fsp3) is 0.167. The van der Waals surface area contributed by atoms with Crippen LogP contribution in [0.4, 0.5) is 10.5 Å². The first kappa shape index (κ1) is 16.5. The van der Waals surface area contributed by atoms with Crippen LogP contribution in [0.2, 0.25) is 0 Å². The molecular formula is C18H18N4O3. The third-order valence-corrected chi connectivity index (χ3v) is 3.58. The monoisotopic (exact) mass is 338 g/mol. The van der Waals surface area contributed by atoms with Gasteiger partial charge in [0, 0.05) is 35.1 Å². The molecule has 0 saturated carbocycles. The highest BCUT2D eigenvalue weighted by atomic mass is 16.3. The number of nitrogens with one attached hydrogen (secondary N) is 3. The molecule has 0 radical (unpaired) electrons. The molecule has 7 heteroatoms. The quantitative estimate of drug-likeness (QED) is 0.666. The maximum Gasteiger partial charge on any atom is 0.319 e. The van der Waals surface area contributed by atoms with Crippen LogP contribution in [0.5, 0.6) is 0 Å². The van der Waals surface area contributed by atoms with E-state index in [-0.39, 0.29) is 11.6 Å². The maximum atomic E-state index is 12.0. The number of anilines is 1. The molecule has 0 spiro atoms. The number of aryl methyl sites for hydroxylation is 1. The van der Waals surface area contributed by atoms with Crippen LogP contribution in [0.1, 0.15) is 18.2 Å². The lowest BCUT2D eigenvalue weighted by Crippen LogP contribution is -2.28. The predicted octanol–water partition coefficient (Wildman–Crippen LogP) is 2.91. The molecule has 2 aromatic heterocycles. The van der Waals surface area contributed by atoms with Gasteiger partial charge in [-0.2, -0.15) is 0 Å². The molecule has 3 rings (SSSR count). The number of carbonyl (C=O) groups excluding carboxylic acids is 1. The zero-order chi connectivity index (χ0) is 17.6. The van der Waals surface area contributed by atoms with E-state index in [0.717, 1.165) is 16.8 Å². The van der Waals surface area contributed by atoms with Gasteiger partial charge in [-0.05, 0) is 24.6 Å². The number of amides is 2. The van der Waals surface area contributed by atoms with Crippen molar-refractivity contribution in [1.29, 1.82) is 0 Å². The largest absolute Gasteiger partial charge is 0.472 e. The number of hydrogen-bond acceptors (Lipinski definition) is 4. The van der Waals surface area contributed by atoms with E-state index in [4.69, 9.17) is 4.42 Å². The number of H-pyrrole nitrogens is 1. The molecule has 2 amide bonds. The SMILES string of the molecule is CCc1cc(=O)[nH]c(-c2cccc(NC(=O)NCc3ccoc3)c2)n1. The Kier molecular flexibility index (Phi) is 4.94. The van der Waals surface area contributed by atoms with Gasteiger partial charge in [0.05, 0.1) is 12.5 Å². The number of furan rings is 1. The Labute approximate surface area is 144 Å². The van der Waals surface area contributed by atoms with Gasteiger partial charge in [0.1, 0.15) is 5.82 Å². The predicted molar refractivity (Wildman–Crippen MR) is 94.2 cm³/mol. The highest BCUT2D eigenvalue weighted by molar-refractivity contribution is 5.89. The van der Waals surface area contributed by atoms with Crippen molar-refractivity contribution in [2.75, 3.05) is 5.32 Å². The molecule has 0 aliphatic heterocycles. The lowest BCUT2D eigenvalue weighted by atomic mass is 10.2. The highest BCUT2D eigenvalue weighted by Gasteiger charge is 2.07. The fourth-order valence-corrected chi connectivity index (χ4v) is 2.32. The average molecular weight is 338 g/mol. The Bertz CT molecular complexity index is 916. The first-order valence-corrected chi connectivity index (χ1v) is 7.90. The molecule has 0 unspecified atom stereocenters. The van der Waals surface area contributed by atoms with E-state index in [0.29, 0.717) is 24.5 Å². The normalized spacial score (nSPS) is 10.4. The van der Waals surface area contributed by atoms with Crippen molar-refractivity contribution in [3.63, 3.8) is 0 Å². The van der Waals surface area contributed by atoms with E-state index in [2.05, 4.69) is 20.6 Å². The topological polar surface area (TPSA) is 100 Å². The van der Waals surface area contributed by atoms with Crippen LogP contribution in [0.15, 0.2) is 58.1 Å². The van der Waals surface area contributed by atoms with Gasteiger partial charge in [-0.25, -0.2) is 9.78 Å². The Morgan fingerprint density at radius 1 is 1.28 bits per heavy atom. The van der Waals surface area contributed by atoms with Crippen LogP contribution in [0.25, 0.3) is 11.4 Å². The number of benzene rings is 1. The van der Waals surface area contributed by atoms with E-state index in [1.54, 1.807) is 36.8 Å². The molecule has 0 aliphatic rings. The van der Waals surface area contributed by atoms with E-state index in [1.807, 2.05) is 13.0 Å². The molecule has 0 fully saturated rings. The number of aromatic amines is 1. The Balaban J connectivity index is 1.72. The van der Waals surface area contributed by atoms with Gasteiger partial charge in [-0.15, -0.1) is 0 Å². The molecule has 0 atom stereocenters. The molecule has 0 aliphatic carbocycles. The van der Waals surface area contributed by atoms with Crippen LogP contribution in [0, 0.1) is 0 Å². The summed E-state index contributed by atoms with van der Waals surface area (Å²) in [5.74, 6) is 0.479. The molecule has 128 valence electrons. The van der Waals surface area contributed by atoms with Crippen molar-refractivity contribution >= 4 is 11.7 Å². The van der Waals surface area contributed by atoms with E-state index in [9.17, 15) is 9.59 Å². The summed E-state index contributed by atoms with van der Waals surface area (Å²) in [6.45, 7) is 2.31. The summed E-state index contributed by atoms with van der Waals surface area (Å²) in [5, 5.41) is 5.49. The van der Waals surface area contributed by atoms with Gasteiger partial charge in [0.15, 0.2) is 0 Å². The minimum Gasteiger partial charge on any atom is -0.472 e. The Morgan fingerprint density at radius 3 is 2.92 bits per heavy atom. The summed E-state index contributed by atoms with van der Waals surface area (Å²) in [6, 6.07) is 10.1. The molecule has 1 aromatic carbocycles.